The standard InChI is InChI=1S/C13H19N3O2/c1-15-13(17)9-4-5-12(11(14)7-9)16-8-10-3-2-6-18-10/h4-5,7,10,16H,2-3,6,8,14H2,1H3,(H,15,17)/t10-/m0/s1. The average molecular weight is 249 g/mol. The van der Waals surface area contributed by atoms with Crippen LogP contribution < -0.4 is 16.4 Å². The van der Waals surface area contributed by atoms with Crippen molar-refractivity contribution in [1.82, 2.24) is 5.32 Å². The van der Waals surface area contributed by atoms with Crippen LogP contribution in [0.2, 0.25) is 0 Å². The Balaban J connectivity index is 1.98. The fraction of sp³-hybridized carbons (Fsp3) is 0.462. The second-order valence-electron chi connectivity index (χ2n) is 4.40. The molecule has 0 spiro atoms. The molecule has 5 heteroatoms. The quantitative estimate of drug-likeness (QED) is 0.701. The van der Waals surface area contributed by atoms with Gasteiger partial charge in [0.05, 0.1) is 17.5 Å². The molecule has 1 aromatic carbocycles. The van der Waals surface area contributed by atoms with Crippen molar-refractivity contribution in [3.05, 3.63) is 23.8 Å². The molecule has 18 heavy (non-hydrogen) atoms. The van der Waals surface area contributed by atoms with Gasteiger partial charge >= 0.3 is 0 Å². The number of benzene rings is 1. The number of hydrogen-bond acceptors (Lipinski definition) is 4. The van der Waals surface area contributed by atoms with Gasteiger partial charge in [0.15, 0.2) is 0 Å². The maximum Gasteiger partial charge on any atom is 0.251 e. The number of ether oxygens (including phenoxy) is 1. The third-order valence-electron chi connectivity index (χ3n) is 3.08. The van der Waals surface area contributed by atoms with Gasteiger partial charge in [-0.3, -0.25) is 4.79 Å². The lowest BCUT2D eigenvalue weighted by Crippen LogP contribution is -2.20. The molecule has 1 aliphatic rings. The molecule has 1 fully saturated rings. The maximum atomic E-state index is 11.4. The van der Waals surface area contributed by atoms with E-state index in [1.165, 1.54) is 0 Å². The van der Waals surface area contributed by atoms with Crippen LogP contribution in [-0.4, -0.2) is 32.2 Å². The second-order valence-corrected chi connectivity index (χ2v) is 4.40. The number of hydrogen-bond donors (Lipinski definition) is 3. The molecule has 0 bridgehead atoms. The Morgan fingerprint density at radius 3 is 3.00 bits per heavy atom. The molecule has 0 unspecified atom stereocenters. The highest BCUT2D eigenvalue weighted by Crippen LogP contribution is 2.21. The van der Waals surface area contributed by atoms with Crippen LogP contribution in [0.1, 0.15) is 23.2 Å². The minimum Gasteiger partial charge on any atom is -0.397 e. The Morgan fingerprint density at radius 1 is 1.56 bits per heavy atom. The van der Waals surface area contributed by atoms with E-state index in [-0.39, 0.29) is 12.0 Å². The van der Waals surface area contributed by atoms with E-state index in [9.17, 15) is 4.79 Å². The normalized spacial score (nSPS) is 18.6. The van der Waals surface area contributed by atoms with Crippen LogP contribution in [-0.2, 0) is 4.74 Å². The van der Waals surface area contributed by atoms with Crippen molar-refractivity contribution in [2.24, 2.45) is 0 Å². The minimum absolute atomic E-state index is 0.132. The van der Waals surface area contributed by atoms with E-state index in [1.807, 2.05) is 6.07 Å². The molecular weight excluding hydrogens is 230 g/mol. The highest BCUT2D eigenvalue weighted by atomic mass is 16.5. The summed E-state index contributed by atoms with van der Waals surface area (Å²) in [4.78, 5) is 11.4. The van der Waals surface area contributed by atoms with Crippen LogP contribution in [0, 0.1) is 0 Å². The summed E-state index contributed by atoms with van der Waals surface area (Å²) in [5, 5.41) is 5.83. The van der Waals surface area contributed by atoms with Gasteiger partial charge in [-0.25, -0.2) is 0 Å². The molecule has 1 atom stereocenters. The Hall–Kier alpha value is -1.75. The molecular formula is C13H19N3O2. The molecule has 1 amide bonds. The smallest absolute Gasteiger partial charge is 0.251 e. The summed E-state index contributed by atoms with van der Waals surface area (Å²) in [5.41, 5.74) is 7.91. The molecule has 0 aromatic heterocycles. The molecule has 0 radical (unpaired) electrons. The molecule has 5 nitrogen and oxygen atoms in total. The van der Waals surface area contributed by atoms with Crippen molar-refractivity contribution in [1.29, 1.82) is 0 Å². The predicted octanol–water partition coefficient (Wildman–Crippen LogP) is 1.22. The van der Waals surface area contributed by atoms with Crippen LogP contribution in [0.15, 0.2) is 18.2 Å². The lowest BCUT2D eigenvalue weighted by Gasteiger charge is -2.14. The molecule has 0 aliphatic carbocycles. The molecule has 98 valence electrons. The van der Waals surface area contributed by atoms with Crippen molar-refractivity contribution < 1.29 is 9.53 Å². The highest BCUT2D eigenvalue weighted by molar-refractivity contribution is 5.95. The van der Waals surface area contributed by atoms with Crippen molar-refractivity contribution >= 4 is 17.3 Å². The first-order chi connectivity index (χ1) is 8.70. The fourth-order valence-electron chi connectivity index (χ4n) is 2.04. The number of nitrogen functional groups attached to an aromatic ring is 1. The average Bonchev–Trinajstić information content (AvgIpc) is 2.89. The third-order valence-corrected chi connectivity index (χ3v) is 3.08. The van der Waals surface area contributed by atoms with Crippen molar-refractivity contribution in [2.75, 3.05) is 31.2 Å². The van der Waals surface area contributed by atoms with E-state index in [0.29, 0.717) is 11.3 Å². The third kappa shape index (κ3) is 2.92. The summed E-state index contributed by atoms with van der Waals surface area (Å²) in [5.74, 6) is -0.132. The SMILES string of the molecule is CNC(=O)c1ccc(NC[C@@H]2CCCO2)c(N)c1. The second kappa shape index (κ2) is 5.73. The Bertz CT molecular complexity index is 428. The number of nitrogens with two attached hydrogens (primary N) is 1. The minimum atomic E-state index is -0.132. The Kier molecular flexibility index (Phi) is 4.04. The number of nitrogens with one attached hydrogen (secondary N) is 2. The monoisotopic (exact) mass is 249 g/mol. The lowest BCUT2D eigenvalue weighted by molar-refractivity contribution is 0.0963. The van der Waals surface area contributed by atoms with Crippen LogP contribution in [0.4, 0.5) is 11.4 Å². The summed E-state index contributed by atoms with van der Waals surface area (Å²) in [6.07, 6.45) is 2.48. The van der Waals surface area contributed by atoms with Crippen molar-refractivity contribution in [3.8, 4) is 0 Å². The first-order valence-electron chi connectivity index (χ1n) is 6.18. The van der Waals surface area contributed by atoms with E-state index in [4.69, 9.17) is 10.5 Å². The van der Waals surface area contributed by atoms with Crippen LogP contribution in [0.25, 0.3) is 0 Å². The topological polar surface area (TPSA) is 76.4 Å². The lowest BCUT2D eigenvalue weighted by atomic mass is 10.1. The predicted molar refractivity (Wildman–Crippen MR) is 71.7 cm³/mol. The fourth-order valence-corrected chi connectivity index (χ4v) is 2.04. The highest BCUT2D eigenvalue weighted by Gasteiger charge is 2.15. The van der Waals surface area contributed by atoms with Crippen molar-refractivity contribution in [3.63, 3.8) is 0 Å². The zero-order valence-corrected chi connectivity index (χ0v) is 10.5. The van der Waals surface area contributed by atoms with E-state index in [1.54, 1.807) is 19.2 Å². The molecule has 0 saturated carbocycles. The molecule has 4 N–H and O–H groups in total. The zero-order chi connectivity index (χ0) is 13.0. The number of carbonyl (C=O) groups is 1. The largest absolute Gasteiger partial charge is 0.397 e. The molecule has 1 aliphatic heterocycles. The molecule has 2 rings (SSSR count). The van der Waals surface area contributed by atoms with Crippen LogP contribution in [0.3, 0.4) is 0 Å². The van der Waals surface area contributed by atoms with Gasteiger partial charge < -0.3 is 21.1 Å². The summed E-state index contributed by atoms with van der Waals surface area (Å²) in [6, 6.07) is 5.26. The summed E-state index contributed by atoms with van der Waals surface area (Å²) in [6.45, 7) is 1.60. The maximum absolute atomic E-state index is 11.4. The van der Waals surface area contributed by atoms with Gasteiger partial charge in [0, 0.05) is 25.8 Å². The van der Waals surface area contributed by atoms with Gasteiger partial charge in [-0.1, -0.05) is 0 Å². The van der Waals surface area contributed by atoms with E-state index in [2.05, 4.69) is 10.6 Å². The Labute approximate surface area is 107 Å². The number of amides is 1. The van der Waals surface area contributed by atoms with E-state index < -0.39 is 0 Å². The first-order valence-corrected chi connectivity index (χ1v) is 6.18. The summed E-state index contributed by atoms with van der Waals surface area (Å²) >= 11 is 0. The van der Waals surface area contributed by atoms with Gasteiger partial charge in [-0.2, -0.15) is 0 Å². The van der Waals surface area contributed by atoms with E-state index in [0.717, 1.165) is 31.7 Å². The summed E-state index contributed by atoms with van der Waals surface area (Å²) < 4.78 is 5.53. The molecule has 1 heterocycles. The van der Waals surface area contributed by atoms with Gasteiger partial charge in [-0.15, -0.1) is 0 Å². The number of rotatable bonds is 4. The zero-order valence-electron chi connectivity index (χ0n) is 10.5. The molecule has 1 aromatic rings. The number of anilines is 2. The number of carbonyl (C=O) groups excluding carboxylic acids is 1. The van der Waals surface area contributed by atoms with Crippen LogP contribution in [0.5, 0.6) is 0 Å². The van der Waals surface area contributed by atoms with Gasteiger partial charge in [-0.05, 0) is 31.0 Å². The molecule has 1 saturated heterocycles. The Morgan fingerprint density at radius 2 is 2.39 bits per heavy atom. The van der Waals surface area contributed by atoms with Crippen LogP contribution >= 0.6 is 0 Å². The van der Waals surface area contributed by atoms with Crippen molar-refractivity contribution in [2.45, 2.75) is 18.9 Å². The first kappa shape index (κ1) is 12.7. The van der Waals surface area contributed by atoms with E-state index >= 15 is 0 Å². The van der Waals surface area contributed by atoms with Gasteiger partial charge in [0.1, 0.15) is 0 Å². The van der Waals surface area contributed by atoms with Gasteiger partial charge in [0.2, 0.25) is 0 Å². The van der Waals surface area contributed by atoms with Gasteiger partial charge in [0.25, 0.3) is 5.91 Å². The summed E-state index contributed by atoms with van der Waals surface area (Å²) in [7, 11) is 1.60.